The van der Waals surface area contributed by atoms with Crippen molar-refractivity contribution in [3.8, 4) is 0 Å². The highest BCUT2D eigenvalue weighted by Gasteiger charge is 2.08. The van der Waals surface area contributed by atoms with Gasteiger partial charge in [0.25, 0.3) is 5.91 Å². The number of amides is 1. The Morgan fingerprint density at radius 1 is 1.04 bits per heavy atom. The average molecular weight is 312 g/mol. The highest BCUT2D eigenvalue weighted by Crippen LogP contribution is 2.15. The number of anilines is 2. The Morgan fingerprint density at radius 3 is 2.30 bits per heavy atom. The first kappa shape index (κ1) is 16.9. The number of hydrogen-bond acceptors (Lipinski definition) is 4. The Labute approximate surface area is 137 Å². The van der Waals surface area contributed by atoms with Crippen molar-refractivity contribution in [2.45, 2.75) is 40.0 Å². The van der Waals surface area contributed by atoms with Gasteiger partial charge in [-0.05, 0) is 43.5 Å². The van der Waals surface area contributed by atoms with Crippen LogP contribution in [-0.4, -0.2) is 22.4 Å². The number of benzene rings is 1. The lowest BCUT2D eigenvalue weighted by atomic mass is 10.1. The van der Waals surface area contributed by atoms with Gasteiger partial charge in [-0.1, -0.05) is 25.8 Å². The average Bonchev–Trinajstić information content (AvgIpc) is 2.51. The molecule has 2 aromatic rings. The zero-order chi connectivity index (χ0) is 16.7. The summed E-state index contributed by atoms with van der Waals surface area (Å²) in [6.45, 7) is 7.02. The van der Waals surface area contributed by atoms with Crippen molar-refractivity contribution >= 4 is 17.5 Å². The van der Waals surface area contributed by atoms with Crippen LogP contribution in [0.2, 0.25) is 0 Å². The molecule has 2 rings (SSSR count). The highest BCUT2D eigenvalue weighted by atomic mass is 16.1. The summed E-state index contributed by atoms with van der Waals surface area (Å²) in [5, 5.41) is 6.04. The number of nitrogens with zero attached hydrogens (tertiary/aromatic N) is 2. The molecule has 0 aliphatic rings. The van der Waals surface area contributed by atoms with Crippen LogP contribution in [-0.2, 0) is 0 Å². The topological polar surface area (TPSA) is 66.9 Å². The van der Waals surface area contributed by atoms with E-state index in [0.717, 1.165) is 29.8 Å². The number of aromatic nitrogens is 2. The van der Waals surface area contributed by atoms with E-state index in [-0.39, 0.29) is 5.91 Å². The molecule has 0 aliphatic heterocycles. The zero-order valence-corrected chi connectivity index (χ0v) is 14.0. The summed E-state index contributed by atoms with van der Waals surface area (Å²) >= 11 is 0. The van der Waals surface area contributed by atoms with Gasteiger partial charge in [-0.25, -0.2) is 9.97 Å². The minimum Gasteiger partial charge on any atom is -0.354 e. The molecule has 0 aliphatic carbocycles. The molecular formula is C18H24N4O. The maximum atomic E-state index is 12.2. The molecule has 1 aromatic carbocycles. The monoisotopic (exact) mass is 312 g/mol. The van der Waals surface area contributed by atoms with Crippen LogP contribution in [0.15, 0.2) is 30.6 Å². The molecule has 5 nitrogen and oxygen atoms in total. The van der Waals surface area contributed by atoms with Crippen LogP contribution in [0, 0.1) is 13.8 Å². The van der Waals surface area contributed by atoms with Crippen molar-refractivity contribution < 1.29 is 4.79 Å². The lowest BCUT2D eigenvalue weighted by molar-refractivity contribution is 0.102. The minimum atomic E-state index is -0.201. The Balaban J connectivity index is 1.94. The van der Waals surface area contributed by atoms with Gasteiger partial charge in [-0.15, -0.1) is 0 Å². The van der Waals surface area contributed by atoms with Gasteiger partial charge in [-0.3, -0.25) is 4.79 Å². The molecule has 0 fully saturated rings. The van der Waals surface area contributed by atoms with E-state index in [2.05, 4.69) is 33.6 Å². The SMILES string of the molecule is CCCCCNc1ncc(C(=O)Nc2cc(C)cc(C)c2)cn1. The van der Waals surface area contributed by atoms with Crippen molar-refractivity contribution in [1.29, 1.82) is 0 Å². The molecule has 1 amide bonds. The van der Waals surface area contributed by atoms with E-state index < -0.39 is 0 Å². The molecule has 0 unspecified atom stereocenters. The first-order chi connectivity index (χ1) is 11.1. The Bertz CT molecular complexity index is 632. The second kappa shape index (κ2) is 8.27. The predicted octanol–water partition coefficient (Wildman–Crippen LogP) is 3.95. The summed E-state index contributed by atoms with van der Waals surface area (Å²) in [6.07, 6.45) is 6.55. The van der Waals surface area contributed by atoms with Gasteiger partial charge in [0.15, 0.2) is 0 Å². The minimum absolute atomic E-state index is 0.201. The van der Waals surface area contributed by atoms with Crippen LogP contribution in [0.25, 0.3) is 0 Å². The van der Waals surface area contributed by atoms with Gasteiger partial charge in [0.2, 0.25) is 5.95 Å². The molecule has 5 heteroatoms. The third-order valence-corrected chi connectivity index (χ3v) is 3.46. The van der Waals surface area contributed by atoms with Crippen LogP contribution < -0.4 is 10.6 Å². The molecule has 122 valence electrons. The molecule has 0 saturated carbocycles. The number of unbranched alkanes of at least 4 members (excludes halogenated alkanes) is 2. The van der Waals surface area contributed by atoms with Crippen LogP contribution in [0.3, 0.4) is 0 Å². The summed E-state index contributed by atoms with van der Waals surface area (Å²) in [5.74, 6) is 0.358. The second-order valence-electron chi connectivity index (χ2n) is 5.76. The molecule has 0 radical (unpaired) electrons. The third kappa shape index (κ3) is 5.36. The van der Waals surface area contributed by atoms with Crippen LogP contribution in [0.5, 0.6) is 0 Å². The van der Waals surface area contributed by atoms with Gasteiger partial charge in [0.05, 0.1) is 5.56 Å². The maximum Gasteiger partial charge on any atom is 0.258 e. The molecule has 1 heterocycles. The van der Waals surface area contributed by atoms with Crippen molar-refractivity contribution in [2.24, 2.45) is 0 Å². The van der Waals surface area contributed by atoms with Crippen LogP contribution >= 0.6 is 0 Å². The summed E-state index contributed by atoms with van der Waals surface area (Å²) in [5.41, 5.74) is 3.46. The Hall–Kier alpha value is -2.43. The predicted molar refractivity (Wildman–Crippen MR) is 93.9 cm³/mol. The number of carbonyl (C=O) groups excluding carboxylic acids is 1. The lowest BCUT2D eigenvalue weighted by Crippen LogP contribution is -2.14. The van der Waals surface area contributed by atoms with Crippen molar-refractivity contribution in [3.05, 3.63) is 47.3 Å². The lowest BCUT2D eigenvalue weighted by Gasteiger charge is -2.08. The number of nitrogens with one attached hydrogen (secondary N) is 2. The molecule has 0 atom stereocenters. The van der Waals surface area contributed by atoms with E-state index in [9.17, 15) is 4.79 Å². The van der Waals surface area contributed by atoms with E-state index >= 15 is 0 Å². The summed E-state index contributed by atoms with van der Waals surface area (Å²) in [6, 6.07) is 5.95. The smallest absolute Gasteiger partial charge is 0.258 e. The summed E-state index contributed by atoms with van der Waals surface area (Å²) in [7, 11) is 0. The third-order valence-electron chi connectivity index (χ3n) is 3.46. The van der Waals surface area contributed by atoms with Gasteiger partial charge in [-0.2, -0.15) is 0 Å². The highest BCUT2D eigenvalue weighted by molar-refractivity contribution is 6.03. The van der Waals surface area contributed by atoms with Crippen LogP contribution in [0.4, 0.5) is 11.6 Å². The van der Waals surface area contributed by atoms with Crippen molar-refractivity contribution in [3.63, 3.8) is 0 Å². The summed E-state index contributed by atoms with van der Waals surface area (Å²) in [4.78, 5) is 20.6. The fourth-order valence-electron chi connectivity index (χ4n) is 2.36. The number of aryl methyl sites for hydroxylation is 2. The van der Waals surface area contributed by atoms with E-state index in [1.54, 1.807) is 12.4 Å². The standard InChI is InChI=1S/C18H24N4O/c1-4-5-6-7-19-18-20-11-15(12-21-18)17(23)22-16-9-13(2)8-14(3)10-16/h8-12H,4-7H2,1-3H3,(H,22,23)(H,19,20,21). The molecule has 23 heavy (non-hydrogen) atoms. The number of carbonyl (C=O) groups is 1. The Morgan fingerprint density at radius 2 is 1.70 bits per heavy atom. The van der Waals surface area contributed by atoms with E-state index in [4.69, 9.17) is 0 Å². The largest absolute Gasteiger partial charge is 0.354 e. The first-order valence-electron chi connectivity index (χ1n) is 8.04. The molecule has 0 saturated heterocycles. The molecular weight excluding hydrogens is 288 g/mol. The van der Waals surface area contributed by atoms with Gasteiger partial charge >= 0.3 is 0 Å². The fourth-order valence-corrected chi connectivity index (χ4v) is 2.36. The van der Waals surface area contributed by atoms with E-state index in [1.807, 2.05) is 26.0 Å². The number of rotatable bonds is 7. The van der Waals surface area contributed by atoms with Crippen molar-refractivity contribution in [1.82, 2.24) is 9.97 Å². The van der Waals surface area contributed by atoms with Gasteiger partial charge in [0.1, 0.15) is 0 Å². The van der Waals surface area contributed by atoms with E-state index in [1.165, 1.54) is 12.8 Å². The van der Waals surface area contributed by atoms with Gasteiger partial charge in [0, 0.05) is 24.6 Å². The van der Waals surface area contributed by atoms with Crippen molar-refractivity contribution in [2.75, 3.05) is 17.2 Å². The zero-order valence-electron chi connectivity index (χ0n) is 14.0. The fraction of sp³-hybridized carbons (Fsp3) is 0.389. The Kier molecular flexibility index (Phi) is 6.09. The first-order valence-corrected chi connectivity index (χ1v) is 8.04. The van der Waals surface area contributed by atoms with E-state index in [0.29, 0.717) is 11.5 Å². The molecule has 1 aromatic heterocycles. The van der Waals surface area contributed by atoms with Crippen LogP contribution in [0.1, 0.15) is 47.7 Å². The van der Waals surface area contributed by atoms with Gasteiger partial charge < -0.3 is 10.6 Å². The second-order valence-corrected chi connectivity index (χ2v) is 5.76. The normalized spacial score (nSPS) is 10.4. The summed E-state index contributed by atoms with van der Waals surface area (Å²) < 4.78 is 0. The molecule has 0 spiro atoms. The quantitative estimate of drug-likeness (QED) is 0.760. The number of hydrogen-bond donors (Lipinski definition) is 2. The molecule has 2 N–H and O–H groups in total. The molecule has 0 bridgehead atoms. The maximum absolute atomic E-state index is 12.2.